The van der Waals surface area contributed by atoms with Crippen LogP contribution in [-0.4, -0.2) is 33.0 Å². The average molecular weight is 273 g/mol. The molecule has 1 unspecified atom stereocenters. The van der Waals surface area contributed by atoms with Crippen molar-refractivity contribution in [2.75, 3.05) is 7.11 Å². The molecule has 6 nitrogen and oxygen atoms in total. The number of benzene rings is 1. The van der Waals surface area contributed by atoms with Crippen LogP contribution >= 0.6 is 0 Å². The number of fused-ring (bicyclic) bond motifs is 1. The van der Waals surface area contributed by atoms with Gasteiger partial charge in [0.15, 0.2) is 5.82 Å². The maximum absolute atomic E-state index is 11.6. The highest BCUT2D eigenvalue weighted by Crippen LogP contribution is 2.24. The number of phenolic OH excluding ortho intramolecular Hbond substituents is 1. The number of carbonyl (C=O) groups is 1. The Bertz CT molecular complexity index is 634. The molecular weight excluding hydrogens is 258 g/mol. The summed E-state index contributed by atoms with van der Waals surface area (Å²) in [5, 5.41) is 13.7. The molecular formula is C14H15N3O3. The average Bonchev–Trinajstić information content (AvgIpc) is 2.90. The fraction of sp³-hybridized carbons (Fsp3) is 0.357. The summed E-state index contributed by atoms with van der Waals surface area (Å²) in [6.45, 7) is 0.507. The standard InChI is InChI=1S/C14H15N3O3/c1-20-14(19)10-4-7-12-15-13(16-17(12)8-10)9-2-5-11(18)6-3-9/h2-3,5-6,10,18H,4,7-8H2,1H3. The van der Waals surface area contributed by atoms with Crippen LogP contribution in [0.2, 0.25) is 0 Å². The number of aromatic hydroxyl groups is 1. The number of methoxy groups -OCH3 is 1. The zero-order chi connectivity index (χ0) is 14.1. The van der Waals surface area contributed by atoms with Gasteiger partial charge in [0.1, 0.15) is 11.6 Å². The monoisotopic (exact) mass is 273 g/mol. The summed E-state index contributed by atoms with van der Waals surface area (Å²) < 4.78 is 6.55. The smallest absolute Gasteiger partial charge is 0.310 e. The summed E-state index contributed by atoms with van der Waals surface area (Å²) in [6, 6.07) is 6.75. The first-order valence-electron chi connectivity index (χ1n) is 6.48. The number of ether oxygens (including phenoxy) is 1. The van der Waals surface area contributed by atoms with Crippen LogP contribution in [0.4, 0.5) is 0 Å². The van der Waals surface area contributed by atoms with Crippen molar-refractivity contribution >= 4 is 5.97 Å². The SMILES string of the molecule is COC(=O)C1CCc2nc(-c3ccc(O)cc3)nn2C1. The number of hydrogen-bond acceptors (Lipinski definition) is 5. The number of aromatic nitrogens is 3. The Labute approximate surface area is 116 Å². The summed E-state index contributed by atoms with van der Waals surface area (Å²) in [5.41, 5.74) is 0.847. The number of aryl methyl sites for hydroxylation is 1. The Morgan fingerprint density at radius 1 is 1.40 bits per heavy atom. The second-order valence-electron chi connectivity index (χ2n) is 4.84. The maximum atomic E-state index is 11.6. The van der Waals surface area contributed by atoms with Gasteiger partial charge in [0, 0.05) is 12.0 Å². The first kappa shape index (κ1) is 12.7. The first-order chi connectivity index (χ1) is 9.67. The highest BCUT2D eigenvalue weighted by Gasteiger charge is 2.27. The van der Waals surface area contributed by atoms with E-state index in [4.69, 9.17) is 4.74 Å². The number of hydrogen-bond donors (Lipinski definition) is 1. The van der Waals surface area contributed by atoms with Crippen LogP contribution in [0.1, 0.15) is 12.2 Å². The van der Waals surface area contributed by atoms with Gasteiger partial charge in [-0.1, -0.05) is 0 Å². The van der Waals surface area contributed by atoms with Crippen molar-refractivity contribution in [3.8, 4) is 17.1 Å². The van der Waals surface area contributed by atoms with Crippen LogP contribution in [0.15, 0.2) is 24.3 Å². The molecule has 6 heteroatoms. The molecule has 0 saturated heterocycles. The van der Waals surface area contributed by atoms with Crippen LogP contribution in [0, 0.1) is 5.92 Å². The zero-order valence-electron chi connectivity index (χ0n) is 11.1. The molecule has 0 fully saturated rings. The molecule has 20 heavy (non-hydrogen) atoms. The lowest BCUT2D eigenvalue weighted by molar-refractivity contribution is -0.146. The molecule has 0 radical (unpaired) electrons. The fourth-order valence-electron chi connectivity index (χ4n) is 2.40. The molecule has 1 aromatic carbocycles. The van der Waals surface area contributed by atoms with E-state index in [2.05, 4.69) is 10.1 Å². The van der Waals surface area contributed by atoms with E-state index in [1.807, 2.05) is 0 Å². The minimum atomic E-state index is -0.197. The van der Waals surface area contributed by atoms with Gasteiger partial charge in [-0.15, -0.1) is 0 Å². The van der Waals surface area contributed by atoms with Crippen molar-refractivity contribution in [3.63, 3.8) is 0 Å². The van der Waals surface area contributed by atoms with Crippen LogP contribution in [0.3, 0.4) is 0 Å². The summed E-state index contributed by atoms with van der Waals surface area (Å²) >= 11 is 0. The number of phenols is 1. The lowest BCUT2D eigenvalue weighted by Crippen LogP contribution is -2.28. The van der Waals surface area contributed by atoms with E-state index in [1.54, 1.807) is 28.9 Å². The van der Waals surface area contributed by atoms with Gasteiger partial charge in [0.05, 0.1) is 19.6 Å². The van der Waals surface area contributed by atoms with Crippen molar-refractivity contribution in [3.05, 3.63) is 30.1 Å². The van der Waals surface area contributed by atoms with E-state index in [0.29, 0.717) is 18.8 Å². The van der Waals surface area contributed by atoms with Gasteiger partial charge in [-0.25, -0.2) is 9.67 Å². The number of esters is 1. The Morgan fingerprint density at radius 2 is 2.15 bits per heavy atom. The molecule has 3 rings (SSSR count). The number of carbonyl (C=O) groups excluding carboxylic acids is 1. The highest BCUT2D eigenvalue weighted by molar-refractivity contribution is 5.72. The highest BCUT2D eigenvalue weighted by atomic mass is 16.5. The minimum absolute atomic E-state index is 0.151. The lowest BCUT2D eigenvalue weighted by Gasteiger charge is -2.19. The van der Waals surface area contributed by atoms with Crippen molar-refractivity contribution in [2.24, 2.45) is 5.92 Å². The van der Waals surface area contributed by atoms with Crippen LogP contribution in [0.5, 0.6) is 5.75 Å². The summed E-state index contributed by atoms with van der Waals surface area (Å²) in [5.74, 6) is 1.36. The largest absolute Gasteiger partial charge is 0.508 e. The molecule has 0 saturated carbocycles. The van der Waals surface area contributed by atoms with Crippen molar-refractivity contribution in [1.82, 2.24) is 14.8 Å². The van der Waals surface area contributed by atoms with Crippen molar-refractivity contribution < 1.29 is 14.6 Å². The van der Waals surface area contributed by atoms with Crippen LogP contribution < -0.4 is 0 Å². The Hall–Kier alpha value is -2.37. The van der Waals surface area contributed by atoms with Gasteiger partial charge >= 0.3 is 5.97 Å². The molecule has 1 aliphatic heterocycles. The summed E-state index contributed by atoms with van der Waals surface area (Å²) in [6.07, 6.45) is 1.45. The van der Waals surface area contributed by atoms with Gasteiger partial charge in [-0.05, 0) is 30.7 Å². The normalized spacial score (nSPS) is 17.6. The van der Waals surface area contributed by atoms with E-state index < -0.39 is 0 Å². The second-order valence-corrected chi connectivity index (χ2v) is 4.84. The maximum Gasteiger partial charge on any atom is 0.310 e. The van der Waals surface area contributed by atoms with Gasteiger partial charge in [0.2, 0.25) is 0 Å². The fourth-order valence-corrected chi connectivity index (χ4v) is 2.40. The van der Waals surface area contributed by atoms with E-state index in [-0.39, 0.29) is 17.6 Å². The van der Waals surface area contributed by atoms with E-state index >= 15 is 0 Å². The van der Waals surface area contributed by atoms with E-state index in [1.165, 1.54) is 7.11 Å². The third-order valence-corrected chi connectivity index (χ3v) is 3.52. The molecule has 2 heterocycles. The van der Waals surface area contributed by atoms with Gasteiger partial charge in [0.25, 0.3) is 0 Å². The molecule has 0 aliphatic carbocycles. The van der Waals surface area contributed by atoms with Crippen molar-refractivity contribution in [1.29, 1.82) is 0 Å². The number of nitrogens with zero attached hydrogens (tertiary/aromatic N) is 3. The molecule has 1 aliphatic rings. The van der Waals surface area contributed by atoms with E-state index in [0.717, 1.165) is 17.8 Å². The predicted molar refractivity (Wildman–Crippen MR) is 70.9 cm³/mol. The Kier molecular flexibility index (Phi) is 3.14. The zero-order valence-corrected chi connectivity index (χ0v) is 11.1. The van der Waals surface area contributed by atoms with E-state index in [9.17, 15) is 9.90 Å². The molecule has 0 amide bonds. The Balaban J connectivity index is 1.86. The quantitative estimate of drug-likeness (QED) is 0.837. The minimum Gasteiger partial charge on any atom is -0.508 e. The topological polar surface area (TPSA) is 77.2 Å². The molecule has 1 aromatic heterocycles. The predicted octanol–water partition coefficient (Wildman–Crippen LogP) is 1.39. The van der Waals surface area contributed by atoms with Crippen molar-refractivity contribution in [2.45, 2.75) is 19.4 Å². The van der Waals surface area contributed by atoms with Gasteiger partial charge < -0.3 is 9.84 Å². The molecule has 1 atom stereocenters. The molecule has 0 spiro atoms. The Morgan fingerprint density at radius 3 is 2.85 bits per heavy atom. The summed E-state index contributed by atoms with van der Waals surface area (Å²) in [7, 11) is 1.40. The number of rotatable bonds is 2. The van der Waals surface area contributed by atoms with Crippen LogP contribution in [0.25, 0.3) is 11.4 Å². The summed E-state index contributed by atoms with van der Waals surface area (Å²) in [4.78, 5) is 16.1. The third kappa shape index (κ3) is 2.24. The second kappa shape index (κ2) is 4.96. The van der Waals surface area contributed by atoms with Gasteiger partial charge in [-0.2, -0.15) is 5.10 Å². The van der Waals surface area contributed by atoms with Gasteiger partial charge in [-0.3, -0.25) is 4.79 Å². The third-order valence-electron chi connectivity index (χ3n) is 3.52. The molecule has 104 valence electrons. The molecule has 2 aromatic rings. The first-order valence-corrected chi connectivity index (χ1v) is 6.48. The molecule has 0 bridgehead atoms. The lowest BCUT2D eigenvalue weighted by atomic mass is 10.0. The molecule has 1 N–H and O–H groups in total. The van der Waals surface area contributed by atoms with Crippen LogP contribution in [-0.2, 0) is 22.5 Å².